The van der Waals surface area contributed by atoms with Crippen molar-refractivity contribution in [2.75, 3.05) is 19.7 Å². The summed E-state index contributed by atoms with van der Waals surface area (Å²) in [6, 6.07) is 1.26. The van der Waals surface area contributed by atoms with E-state index in [1.807, 2.05) is 0 Å². The summed E-state index contributed by atoms with van der Waals surface area (Å²) in [5.74, 6) is -0.743. The van der Waals surface area contributed by atoms with E-state index in [0.29, 0.717) is 6.61 Å². The second kappa shape index (κ2) is 5.70. The highest BCUT2D eigenvalue weighted by atomic mass is 19.4. The molecule has 1 amide bonds. The maximum absolute atomic E-state index is 13.3. The highest BCUT2D eigenvalue weighted by Gasteiger charge is 2.59. The number of rotatable bonds is 3. The average Bonchev–Trinajstić information content (AvgIpc) is 2.83. The van der Waals surface area contributed by atoms with Gasteiger partial charge in [-0.1, -0.05) is 0 Å². The van der Waals surface area contributed by atoms with Crippen molar-refractivity contribution in [2.24, 2.45) is 0 Å². The minimum absolute atomic E-state index is 0.00215. The Morgan fingerprint density at radius 1 is 1.39 bits per heavy atom. The van der Waals surface area contributed by atoms with Crippen molar-refractivity contribution in [3.8, 4) is 5.88 Å². The van der Waals surface area contributed by atoms with Gasteiger partial charge in [0.15, 0.2) is 5.60 Å². The summed E-state index contributed by atoms with van der Waals surface area (Å²) in [5.41, 5.74) is -3.60. The van der Waals surface area contributed by atoms with Crippen molar-refractivity contribution >= 4 is 5.91 Å². The van der Waals surface area contributed by atoms with Crippen LogP contribution in [0.1, 0.15) is 38.2 Å². The van der Waals surface area contributed by atoms with Crippen LogP contribution in [-0.2, 0) is 4.74 Å². The standard InChI is InChI=1S/C14H19F3N2O4/c1-5-21-10-6-9(22-18-10)11(20)19-7-12(2,3)23-13(4,8-19)14(15,16)17/h6H,5,7-8H2,1-4H3. The number of hydrogen-bond acceptors (Lipinski definition) is 5. The Kier molecular flexibility index (Phi) is 4.36. The summed E-state index contributed by atoms with van der Waals surface area (Å²) in [5, 5.41) is 3.55. The first-order chi connectivity index (χ1) is 10.5. The molecule has 0 saturated carbocycles. The third-order valence-electron chi connectivity index (χ3n) is 3.44. The Morgan fingerprint density at radius 2 is 2.04 bits per heavy atom. The number of halogens is 3. The molecule has 2 heterocycles. The Bertz CT molecular complexity index is 585. The van der Waals surface area contributed by atoms with E-state index >= 15 is 0 Å². The molecule has 0 aromatic carbocycles. The molecule has 6 nitrogen and oxygen atoms in total. The van der Waals surface area contributed by atoms with E-state index in [9.17, 15) is 18.0 Å². The third kappa shape index (κ3) is 3.60. The average molecular weight is 336 g/mol. The SMILES string of the molecule is CCOc1cc(C(=O)N2CC(C)(C)OC(C)(C(F)(F)F)C2)on1. The van der Waals surface area contributed by atoms with Crippen LogP contribution in [0.15, 0.2) is 10.6 Å². The normalized spacial score (nSPS) is 24.6. The van der Waals surface area contributed by atoms with Crippen molar-refractivity contribution < 1.29 is 32.0 Å². The van der Waals surface area contributed by atoms with Crippen LogP contribution < -0.4 is 4.74 Å². The van der Waals surface area contributed by atoms with Gasteiger partial charge in [0.2, 0.25) is 5.76 Å². The van der Waals surface area contributed by atoms with Crippen molar-refractivity contribution in [3.63, 3.8) is 0 Å². The van der Waals surface area contributed by atoms with Crippen LogP contribution in [0.5, 0.6) is 5.88 Å². The van der Waals surface area contributed by atoms with Gasteiger partial charge >= 0.3 is 6.18 Å². The fourth-order valence-electron chi connectivity index (χ4n) is 2.58. The zero-order valence-corrected chi connectivity index (χ0v) is 13.4. The lowest BCUT2D eigenvalue weighted by Crippen LogP contribution is -2.65. The largest absolute Gasteiger partial charge is 0.476 e. The molecular formula is C14H19F3N2O4. The smallest absolute Gasteiger partial charge is 0.418 e. The van der Waals surface area contributed by atoms with Crippen LogP contribution in [0, 0.1) is 0 Å². The molecule has 1 aromatic heterocycles. The number of hydrogen-bond donors (Lipinski definition) is 0. The van der Waals surface area contributed by atoms with Crippen molar-refractivity contribution in [3.05, 3.63) is 11.8 Å². The number of amides is 1. The van der Waals surface area contributed by atoms with E-state index in [-0.39, 0.29) is 18.2 Å². The molecule has 2 rings (SSSR count). The Labute approximate surface area is 131 Å². The first kappa shape index (κ1) is 17.6. The van der Waals surface area contributed by atoms with Gasteiger partial charge in [0.25, 0.3) is 11.8 Å². The van der Waals surface area contributed by atoms with Crippen molar-refractivity contribution in [1.29, 1.82) is 0 Å². The van der Waals surface area contributed by atoms with Gasteiger partial charge < -0.3 is 18.9 Å². The summed E-state index contributed by atoms with van der Waals surface area (Å²) >= 11 is 0. The molecule has 0 radical (unpaired) electrons. The summed E-state index contributed by atoms with van der Waals surface area (Å²) < 4.78 is 55.0. The molecule has 0 spiro atoms. The molecule has 1 unspecified atom stereocenters. The molecule has 1 atom stereocenters. The van der Waals surface area contributed by atoms with Gasteiger partial charge in [-0.15, -0.1) is 0 Å². The highest BCUT2D eigenvalue weighted by Crippen LogP contribution is 2.40. The van der Waals surface area contributed by atoms with Gasteiger partial charge in [0.05, 0.1) is 24.8 Å². The maximum atomic E-state index is 13.3. The summed E-state index contributed by atoms with van der Waals surface area (Å²) in [6.45, 7) is 5.38. The quantitative estimate of drug-likeness (QED) is 0.849. The van der Waals surface area contributed by atoms with Gasteiger partial charge in [-0.25, -0.2) is 0 Å². The van der Waals surface area contributed by atoms with E-state index in [4.69, 9.17) is 14.0 Å². The van der Waals surface area contributed by atoms with Crippen LogP contribution in [0.2, 0.25) is 0 Å². The number of carbonyl (C=O) groups is 1. The monoisotopic (exact) mass is 336 g/mol. The fraction of sp³-hybridized carbons (Fsp3) is 0.714. The van der Waals surface area contributed by atoms with Crippen molar-refractivity contribution in [1.82, 2.24) is 10.1 Å². The Hall–Kier alpha value is -1.77. The third-order valence-corrected chi connectivity index (χ3v) is 3.44. The molecule has 1 aliphatic heterocycles. The molecular weight excluding hydrogens is 317 g/mol. The molecule has 0 bridgehead atoms. The topological polar surface area (TPSA) is 64.8 Å². The number of aromatic nitrogens is 1. The molecule has 1 aliphatic rings. The molecule has 130 valence electrons. The lowest BCUT2D eigenvalue weighted by atomic mass is 9.96. The molecule has 23 heavy (non-hydrogen) atoms. The maximum Gasteiger partial charge on any atom is 0.418 e. The van der Waals surface area contributed by atoms with E-state index in [0.717, 1.165) is 11.8 Å². The number of nitrogens with zero attached hydrogens (tertiary/aromatic N) is 2. The molecule has 1 aromatic rings. The number of alkyl halides is 3. The fourth-order valence-corrected chi connectivity index (χ4v) is 2.58. The Balaban J connectivity index is 2.25. The predicted molar refractivity (Wildman–Crippen MR) is 73.2 cm³/mol. The van der Waals surface area contributed by atoms with Crippen molar-refractivity contribution in [2.45, 2.75) is 45.1 Å². The first-order valence-electron chi connectivity index (χ1n) is 7.13. The number of morpholine rings is 1. The van der Waals surface area contributed by atoms with E-state index in [2.05, 4.69) is 5.16 Å². The minimum Gasteiger partial charge on any atom is -0.476 e. The second-order valence-corrected chi connectivity index (χ2v) is 6.21. The molecule has 0 N–H and O–H groups in total. The van der Waals surface area contributed by atoms with Gasteiger partial charge in [-0.05, 0) is 32.9 Å². The van der Waals surface area contributed by atoms with Crippen LogP contribution in [-0.4, -0.2) is 53.0 Å². The minimum atomic E-state index is -4.61. The molecule has 1 saturated heterocycles. The lowest BCUT2D eigenvalue weighted by Gasteiger charge is -2.48. The van der Waals surface area contributed by atoms with Gasteiger partial charge in [-0.3, -0.25) is 4.79 Å². The summed E-state index contributed by atoms with van der Waals surface area (Å²) in [4.78, 5) is 13.5. The summed E-state index contributed by atoms with van der Waals surface area (Å²) in [6.07, 6.45) is -4.61. The van der Waals surface area contributed by atoms with E-state index < -0.39 is 29.8 Å². The van der Waals surface area contributed by atoms with E-state index in [1.165, 1.54) is 19.9 Å². The zero-order chi connectivity index (χ0) is 17.5. The zero-order valence-electron chi connectivity index (χ0n) is 13.4. The second-order valence-electron chi connectivity index (χ2n) is 6.21. The molecule has 1 fully saturated rings. The Morgan fingerprint density at radius 3 is 2.61 bits per heavy atom. The van der Waals surface area contributed by atoms with E-state index in [1.54, 1.807) is 6.92 Å². The first-order valence-corrected chi connectivity index (χ1v) is 7.13. The van der Waals surface area contributed by atoms with Gasteiger partial charge in [-0.2, -0.15) is 13.2 Å². The van der Waals surface area contributed by atoms with Gasteiger partial charge in [0.1, 0.15) is 0 Å². The van der Waals surface area contributed by atoms with Gasteiger partial charge in [0, 0.05) is 6.54 Å². The van der Waals surface area contributed by atoms with Crippen LogP contribution >= 0.6 is 0 Å². The van der Waals surface area contributed by atoms with Crippen LogP contribution in [0.3, 0.4) is 0 Å². The van der Waals surface area contributed by atoms with Crippen LogP contribution in [0.25, 0.3) is 0 Å². The van der Waals surface area contributed by atoms with Crippen LogP contribution in [0.4, 0.5) is 13.2 Å². The number of carbonyl (C=O) groups excluding carboxylic acids is 1. The lowest BCUT2D eigenvalue weighted by molar-refractivity contribution is -0.318. The highest BCUT2D eigenvalue weighted by molar-refractivity contribution is 5.91. The molecule has 9 heteroatoms. The summed E-state index contributed by atoms with van der Waals surface area (Å²) in [7, 11) is 0. The predicted octanol–water partition coefficient (Wildman–Crippen LogP) is 2.65. The number of ether oxygens (including phenoxy) is 2. The molecule has 0 aliphatic carbocycles.